The lowest BCUT2D eigenvalue weighted by Gasteiger charge is -2.44. The molecule has 0 spiro atoms. The van der Waals surface area contributed by atoms with Gasteiger partial charge in [-0.3, -0.25) is 4.90 Å². The largest absolute Gasteiger partial charge is 0.354 e. The molecule has 1 N–H and O–H groups in total. The quantitative estimate of drug-likeness (QED) is 0.917. The van der Waals surface area contributed by atoms with E-state index in [1.165, 1.54) is 50.8 Å². The van der Waals surface area contributed by atoms with Gasteiger partial charge in [-0.15, -0.1) is 0 Å². The van der Waals surface area contributed by atoms with Gasteiger partial charge in [0.2, 0.25) is 0 Å². The van der Waals surface area contributed by atoms with E-state index in [9.17, 15) is 0 Å². The summed E-state index contributed by atoms with van der Waals surface area (Å²) in [6.07, 6.45) is 8.89. The molecule has 1 atom stereocenters. The molecule has 4 rings (SSSR count). The van der Waals surface area contributed by atoms with Crippen molar-refractivity contribution >= 4 is 5.82 Å². The average Bonchev–Trinajstić information content (AvgIpc) is 3.37. The van der Waals surface area contributed by atoms with E-state index < -0.39 is 0 Å². The fourth-order valence-electron chi connectivity index (χ4n) is 3.62. The fraction of sp³-hybridized carbons (Fsp3) is 0.706. The summed E-state index contributed by atoms with van der Waals surface area (Å²) in [7, 11) is 0. The van der Waals surface area contributed by atoms with Crippen LogP contribution in [0.2, 0.25) is 0 Å². The van der Waals surface area contributed by atoms with Gasteiger partial charge in [0.25, 0.3) is 0 Å². The predicted octanol–water partition coefficient (Wildman–Crippen LogP) is 2.01. The number of nitrogens with zero attached hydrogens (tertiary/aromatic N) is 3. The lowest BCUT2D eigenvalue weighted by Crippen LogP contribution is -2.55. The number of hydrogen-bond acceptors (Lipinski definition) is 4. The van der Waals surface area contributed by atoms with Crippen molar-refractivity contribution in [2.45, 2.75) is 50.7 Å². The standard InChI is InChI=1S/C17H26N4/c1-2-8-20-9-10-21(13-16(20)3-1)17-7-4-14(12-19-17)11-18-15-5-6-15/h4,7,12,15-16,18H,1-3,5-6,8-11,13H2. The van der Waals surface area contributed by atoms with E-state index in [2.05, 4.69) is 33.4 Å². The van der Waals surface area contributed by atoms with E-state index in [0.29, 0.717) is 0 Å². The van der Waals surface area contributed by atoms with Crippen LogP contribution >= 0.6 is 0 Å². The first-order valence-electron chi connectivity index (χ1n) is 8.56. The summed E-state index contributed by atoms with van der Waals surface area (Å²) in [5.74, 6) is 1.16. The van der Waals surface area contributed by atoms with Gasteiger partial charge in [-0.05, 0) is 43.9 Å². The fourth-order valence-corrected chi connectivity index (χ4v) is 3.62. The highest BCUT2D eigenvalue weighted by Crippen LogP contribution is 2.24. The molecule has 21 heavy (non-hydrogen) atoms. The van der Waals surface area contributed by atoms with Gasteiger partial charge in [-0.25, -0.2) is 4.98 Å². The van der Waals surface area contributed by atoms with Crippen molar-refractivity contribution in [3.63, 3.8) is 0 Å². The maximum atomic E-state index is 4.71. The van der Waals surface area contributed by atoms with Crippen molar-refractivity contribution in [1.82, 2.24) is 15.2 Å². The molecule has 3 fully saturated rings. The smallest absolute Gasteiger partial charge is 0.128 e. The zero-order valence-electron chi connectivity index (χ0n) is 12.8. The molecule has 4 heteroatoms. The maximum absolute atomic E-state index is 4.71. The van der Waals surface area contributed by atoms with Gasteiger partial charge in [0.05, 0.1) is 0 Å². The molecule has 3 heterocycles. The summed E-state index contributed by atoms with van der Waals surface area (Å²) in [5.41, 5.74) is 1.31. The van der Waals surface area contributed by atoms with E-state index in [-0.39, 0.29) is 0 Å². The van der Waals surface area contributed by atoms with E-state index in [4.69, 9.17) is 4.98 Å². The second-order valence-corrected chi connectivity index (χ2v) is 6.81. The first kappa shape index (κ1) is 13.5. The molecule has 114 valence electrons. The minimum atomic E-state index is 0.755. The number of pyridine rings is 1. The van der Waals surface area contributed by atoms with Crippen LogP contribution in [0.1, 0.15) is 37.7 Å². The molecule has 3 aliphatic rings. The van der Waals surface area contributed by atoms with Crippen LogP contribution in [0.15, 0.2) is 18.3 Å². The number of piperidine rings is 1. The zero-order chi connectivity index (χ0) is 14.1. The van der Waals surface area contributed by atoms with E-state index in [0.717, 1.165) is 37.5 Å². The Hall–Kier alpha value is -1.13. The first-order valence-corrected chi connectivity index (χ1v) is 8.56. The zero-order valence-corrected chi connectivity index (χ0v) is 12.8. The third-order valence-corrected chi connectivity index (χ3v) is 5.14. The van der Waals surface area contributed by atoms with Gasteiger partial charge in [0.1, 0.15) is 5.82 Å². The van der Waals surface area contributed by atoms with E-state index in [1.807, 2.05) is 0 Å². The Kier molecular flexibility index (Phi) is 3.82. The van der Waals surface area contributed by atoms with Crippen molar-refractivity contribution in [2.75, 3.05) is 31.1 Å². The maximum Gasteiger partial charge on any atom is 0.128 e. The Bertz CT molecular complexity index is 468. The van der Waals surface area contributed by atoms with Crippen LogP contribution < -0.4 is 10.2 Å². The van der Waals surface area contributed by atoms with Crippen molar-refractivity contribution in [1.29, 1.82) is 0 Å². The van der Waals surface area contributed by atoms with Crippen LogP contribution in [-0.2, 0) is 6.54 Å². The highest BCUT2D eigenvalue weighted by Gasteiger charge is 2.29. The molecule has 1 aromatic heterocycles. The normalized spacial score (nSPS) is 26.7. The topological polar surface area (TPSA) is 31.4 Å². The van der Waals surface area contributed by atoms with Crippen molar-refractivity contribution in [3.05, 3.63) is 23.9 Å². The molecule has 0 amide bonds. The van der Waals surface area contributed by atoms with Gasteiger partial charge in [-0.1, -0.05) is 12.5 Å². The van der Waals surface area contributed by atoms with Gasteiger partial charge < -0.3 is 10.2 Å². The Labute approximate surface area is 127 Å². The third kappa shape index (κ3) is 3.22. The summed E-state index contributed by atoms with van der Waals surface area (Å²) < 4.78 is 0. The van der Waals surface area contributed by atoms with Crippen LogP contribution in [0.25, 0.3) is 0 Å². The number of aromatic nitrogens is 1. The molecular formula is C17H26N4. The number of nitrogens with one attached hydrogen (secondary N) is 1. The van der Waals surface area contributed by atoms with Crippen molar-refractivity contribution in [3.8, 4) is 0 Å². The molecule has 0 aromatic carbocycles. The molecular weight excluding hydrogens is 260 g/mol. The summed E-state index contributed by atoms with van der Waals surface area (Å²) in [6.45, 7) is 5.76. The van der Waals surface area contributed by atoms with Gasteiger partial charge in [-0.2, -0.15) is 0 Å². The number of rotatable bonds is 4. The second kappa shape index (κ2) is 5.93. The van der Waals surface area contributed by atoms with E-state index in [1.54, 1.807) is 0 Å². The minimum Gasteiger partial charge on any atom is -0.354 e. The van der Waals surface area contributed by atoms with Crippen LogP contribution in [0.3, 0.4) is 0 Å². The molecule has 0 bridgehead atoms. The SMILES string of the molecule is c1cc(N2CCN3CCCCC3C2)ncc1CNC1CC1. The number of hydrogen-bond donors (Lipinski definition) is 1. The second-order valence-electron chi connectivity index (χ2n) is 6.81. The van der Waals surface area contributed by atoms with Crippen molar-refractivity contribution in [2.24, 2.45) is 0 Å². The number of anilines is 1. The average molecular weight is 286 g/mol. The molecule has 1 unspecified atom stereocenters. The Morgan fingerprint density at radius 2 is 2.05 bits per heavy atom. The molecule has 1 aliphatic carbocycles. The summed E-state index contributed by atoms with van der Waals surface area (Å²) in [4.78, 5) is 9.86. The highest BCUT2D eigenvalue weighted by molar-refractivity contribution is 5.40. The van der Waals surface area contributed by atoms with Gasteiger partial charge in [0.15, 0.2) is 0 Å². The third-order valence-electron chi connectivity index (χ3n) is 5.14. The van der Waals surface area contributed by atoms with Crippen LogP contribution in [-0.4, -0.2) is 48.1 Å². The Morgan fingerprint density at radius 1 is 1.10 bits per heavy atom. The molecule has 0 radical (unpaired) electrons. The molecule has 1 saturated carbocycles. The lowest BCUT2D eigenvalue weighted by atomic mass is 9.99. The van der Waals surface area contributed by atoms with Gasteiger partial charge in [0, 0.05) is 44.5 Å². The summed E-state index contributed by atoms with van der Waals surface area (Å²) >= 11 is 0. The monoisotopic (exact) mass is 286 g/mol. The minimum absolute atomic E-state index is 0.755. The van der Waals surface area contributed by atoms with Crippen LogP contribution in [0.4, 0.5) is 5.82 Å². The van der Waals surface area contributed by atoms with Crippen LogP contribution in [0.5, 0.6) is 0 Å². The summed E-state index contributed by atoms with van der Waals surface area (Å²) in [6, 6.07) is 5.97. The van der Waals surface area contributed by atoms with Crippen LogP contribution in [0, 0.1) is 0 Å². The van der Waals surface area contributed by atoms with Gasteiger partial charge >= 0.3 is 0 Å². The number of fused-ring (bicyclic) bond motifs is 1. The lowest BCUT2D eigenvalue weighted by molar-refractivity contribution is 0.133. The van der Waals surface area contributed by atoms with Crippen molar-refractivity contribution < 1.29 is 0 Å². The predicted molar refractivity (Wildman–Crippen MR) is 85.5 cm³/mol. The highest BCUT2D eigenvalue weighted by atomic mass is 15.3. The Balaban J connectivity index is 1.36. The number of piperazine rings is 1. The van der Waals surface area contributed by atoms with E-state index >= 15 is 0 Å². The molecule has 2 saturated heterocycles. The Morgan fingerprint density at radius 3 is 2.86 bits per heavy atom. The first-order chi connectivity index (χ1) is 10.4. The molecule has 2 aliphatic heterocycles. The molecule has 4 nitrogen and oxygen atoms in total. The summed E-state index contributed by atoms with van der Waals surface area (Å²) in [5, 5.41) is 3.55. The molecule has 1 aromatic rings.